The van der Waals surface area contributed by atoms with Crippen LogP contribution in [0.3, 0.4) is 0 Å². The first-order valence-corrected chi connectivity index (χ1v) is 6.18. The van der Waals surface area contributed by atoms with Gasteiger partial charge >= 0.3 is 0 Å². The molecule has 2 rings (SSSR count). The van der Waals surface area contributed by atoms with Gasteiger partial charge in [-0.2, -0.15) is 0 Å². The van der Waals surface area contributed by atoms with Crippen molar-refractivity contribution in [1.29, 1.82) is 0 Å². The Labute approximate surface area is 116 Å². The van der Waals surface area contributed by atoms with E-state index in [4.69, 9.17) is 4.42 Å². The Morgan fingerprint density at radius 2 is 2.20 bits per heavy atom. The highest BCUT2D eigenvalue weighted by Gasteiger charge is 2.06. The second kappa shape index (κ2) is 6.51. The molecule has 0 spiro atoms. The van der Waals surface area contributed by atoms with Gasteiger partial charge < -0.3 is 15.1 Å². The van der Waals surface area contributed by atoms with E-state index in [2.05, 4.69) is 15.6 Å². The number of hydrogen-bond donors (Lipinski definition) is 2. The maximum Gasteiger partial charge on any atom is 0.251 e. The first kappa shape index (κ1) is 13.8. The maximum atomic E-state index is 11.9. The SMILES string of the molecule is CC(=O)Nc1cccc(C(=O)NCCc2cocn2)c1. The van der Waals surface area contributed by atoms with Crippen LogP contribution in [0.15, 0.2) is 41.3 Å². The van der Waals surface area contributed by atoms with Crippen LogP contribution >= 0.6 is 0 Å². The van der Waals surface area contributed by atoms with Gasteiger partial charge in [0.15, 0.2) is 6.39 Å². The third-order valence-corrected chi connectivity index (χ3v) is 2.60. The average Bonchev–Trinajstić information content (AvgIpc) is 2.91. The molecule has 1 heterocycles. The molecule has 1 aromatic heterocycles. The zero-order valence-corrected chi connectivity index (χ0v) is 11.1. The van der Waals surface area contributed by atoms with Crippen LogP contribution in [-0.4, -0.2) is 23.3 Å². The molecule has 0 saturated carbocycles. The first-order valence-electron chi connectivity index (χ1n) is 6.18. The van der Waals surface area contributed by atoms with Crippen molar-refractivity contribution in [3.05, 3.63) is 48.2 Å². The topological polar surface area (TPSA) is 84.2 Å². The third kappa shape index (κ3) is 3.94. The van der Waals surface area contributed by atoms with Crippen molar-refractivity contribution in [3.63, 3.8) is 0 Å². The molecule has 0 atom stereocenters. The van der Waals surface area contributed by atoms with Gasteiger partial charge in [0, 0.05) is 31.1 Å². The highest BCUT2D eigenvalue weighted by molar-refractivity contribution is 5.96. The number of amides is 2. The van der Waals surface area contributed by atoms with Gasteiger partial charge in [-0.05, 0) is 18.2 Å². The molecule has 2 amide bonds. The van der Waals surface area contributed by atoms with Gasteiger partial charge in [0.1, 0.15) is 6.26 Å². The van der Waals surface area contributed by atoms with E-state index >= 15 is 0 Å². The lowest BCUT2D eigenvalue weighted by molar-refractivity contribution is -0.114. The monoisotopic (exact) mass is 273 g/mol. The van der Waals surface area contributed by atoms with Gasteiger partial charge in [0.2, 0.25) is 5.91 Å². The molecule has 0 bridgehead atoms. The number of hydrogen-bond acceptors (Lipinski definition) is 4. The molecule has 6 nitrogen and oxygen atoms in total. The van der Waals surface area contributed by atoms with Crippen molar-refractivity contribution in [2.75, 3.05) is 11.9 Å². The molecule has 0 aliphatic carbocycles. The van der Waals surface area contributed by atoms with Gasteiger partial charge in [0.25, 0.3) is 5.91 Å². The summed E-state index contributed by atoms with van der Waals surface area (Å²) in [7, 11) is 0. The van der Waals surface area contributed by atoms with Gasteiger partial charge in [-0.1, -0.05) is 6.07 Å². The lowest BCUT2D eigenvalue weighted by atomic mass is 10.2. The number of nitrogens with one attached hydrogen (secondary N) is 2. The first-order chi connectivity index (χ1) is 9.65. The quantitative estimate of drug-likeness (QED) is 0.866. The van der Waals surface area contributed by atoms with E-state index in [1.54, 1.807) is 30.5 Å². The van der Waals surface area contributed by atoms with Gasteiger partial charge in [-0.3, -0.25) is 9.59 Å². The fraction of sp³-hybridized carbons (Fsp3) is 0.214. The molecule has 0 aliphatic rings. The van der Waals surface area contributed by atoms with E-state index in [-0.39, 0.29) is 11.8 Å². The second-order valence-electron chi connectivity index (χ2n) is 4.25. The number of anilines is 1. The molecule has 2 aromatic rings. The summed E-state index contributed by atoms with van der Waals surface area (Å²) in [5.41, 5.74) is 1.88. The maximum absolute atomic E-state index is 11.9. The van der Waals surface area contributed by atoms with Gasteiger partial charge in [-0.25, -0.2) is 4.98 Å². The van der Waals surface area contributed by atoms with E-state index in [9.17, 15) is 9.59 Å². The predicted molar refractivity (Wildman–Crippen MR) is 73.3 cm³/mol. The predicted octanol–water partition coefficient (Wildman–Crippen LogP) is 1.61. The molecule has 0 fully saturated rings. The zero-order valence-electron chi connectivity index (χ0n) is 11.1. The van der Waals surface area contributed by atoms with Crippen molar-refractivity contribution in [2.24, 2.45) is 0 Å². The van der Waals surface area contributed by atoms with E-state index in [0.717, 1.165) is 5.69 Å². The number of benzene rings is 1. The van der Waals surface area contributed by atoms with E-state index < -0.39 is 0 Å². The number of oxazole rings is 1. The Balaban J connectivity index is 1.90. The van der Waals surface area contributed by atoms with Crippen LogP contribution in [-0.2, 0) is 11.2 Å². The van der Waals surface area contributed by atoms with Crippen LogP contribution in [0.4, 0.5) is 5.69 Å². The smallest absolute Gasteiger partial charge is 0.251 e. The second-order valence-corrected chi connectivity index (χ2v) is 4.25. The lowest BCUT2D eigenvalue weighted by Crippen LogP contribution is -2.25. The Kier molecular flexibility index (Phi) is 4.49. The largest absolute Gasteiger partial charge is 0.451 e. The number of nitrogens with zero attached hydrogens (tertiary/aromatic N) is 1. The average molecular weight is 273 g/mol. The summed E-state index contributed by atoms with van der Waals surface area (Å²) in [4.78, 5) is 26.9. The Morgan fingerprint density at radius 3 is 2.90 bits per heavy atom. The fourth-order valence-electron chi connectivity index (χ4n) is 1.71. The van der Waals surface area contributed by atoms with Crippen LogP contribution in [0.1, 0.15) is 23.0 Å². The Morgan fingerprint density at radius 1 is 1.35 bits per heavy atom. The number of carbonyl (C=O) groups excluding carboxylic acids is 2. The minimum atomic E-state index is -0.194. The normalized spacial score (nSPS) is 10.1. The van der Waals surface area contributed by atoms with Crippen LogP contribution in [0, 0.1) is 0 Å². The molecule has 6 heteroatoms. The highest BCUT2D eigenvalue weighted by atomic mass is 16.3. The van der Waals surface area contributed by atoms with Gasteiger partial charge in [0.05, 0.1) is 5.69 Å². The molecular formula is C14H15N3O3. The summed E-state index contributed by atoms with van der Waals surface area (Å²) in [5, 5.41) is 5.42. The van der Waals surface area contributed by atoms with Crippen LogP contribution in [0.5, 0.6) is 0 Å². The summed E-state index contributed by atoms with van der Waals surface area (Å²) < 4.78 is 4.85. The van der Waals surface area contributed by atoms with Crippen molar-refractivity contribution in [2.45, 2.75) is 13.3 Å². The molecule has 20 heavy (non-hydrogen) atoms. The third-order valence-electron chi connectivity index (χ3n) is 2.60. The number of rotatable bonds is 5. The van der Waals surface area contributed by atoms with Crippen molar-refractivity contribution in [1.82, 2.24) is 10.3 Å². The van der Waals surface area contributed by atoms with Crippen LogP contribution in [0.2, 0.25) is 0 Å². The van der Waals surface area contributed by atoms with Crippen molar-refractivity contribution >= 4 is 17.5 Å². The molecule has 0 aliphatic heterocycles. The molecule has 104 valence electrons. The zero-order chi connectivity index (χ0) is 14.4. The summed E-state index contributed by atoms with van der Waals surface area (Å²) >= 11 is 0. The molecule has 0 unspecified atom stereocenters. The fourth-order valence-corrected chi connectivity index (χ4v) is 1.71. The molecule has 0 saturated heterocycles. The van der Waals surface area contributed by atoms with Crippen molar-refractivity contribution in [3.8, 4) is 0 Å². The van der Waals surface area contributed by atoms with Crippen LogP contribution in [0.25, 0.3) is 0 Å². The minimum absolute atomic E-state index is 0.173. The summed E-state index contributed by atoms with van der Waals surface area (Å²) in [6.45, 7) is 1.89. The standard InChI is InChI=1S/C14H15N3O3/c1-10(18)17-12-4-2-3-11(7-12)14(19)15-6-5-13-8-20-9-16-13/h2-4,7-9H,5-6H2,1H3,(H,15,19)(H,17,18). The number of carbonyl (C=O) groups is 2. The Hall–Kier alpha value is -2.63. The summed E-state index contributed by atoms with van der Waals surface area (Å²) in [5.74, 6) is -0.366. The molecular weight excluding hydrogens is 258 g/mol. The van der Waals surface area contributed by atoms with Crippen LogP contribution < -0.4 is 10.6 Å². The number of aromatic nitrogens is 1. The minimum Gasteiger partial charge on any atom is -0.451 e. The Bertz CT molecular complexity index is 593. The molecule has 0 radical (unpaired) electrons. The highest BCUT2D eigenvalue weighted by Crippen LogP contribution is 2.10. The van der Waals surface area contributed by atoms with Crippen molar-refractivity contribution < 1.29 is 14.0 Å². The lowest BCUT2D eigenvalue weighted by Gasteiger charge is -2.06. The summed E-state index contributed by atoms with van der Waals surface area (Å²) in [6.07, 6.45) is 3.51. The van der Waals surface area contributed by atoms with E-state index in [0.29, 0.717) is 24.2 Å². The molecule has 1 aromatic carbocycles. The van der Waals surface area contributed by atoms with E-state index in [1.165, 1.54) is 13.3 Å². The van der Waals surface area contributed by atoms with E-state index in [1.807, 2.05) is 0 Å². The van der Waals surface area contributed by atoms with Gasteiger partial charge in [-0.15, -0.1) is 0 Å². The summed E-state index contributed by atoms with van der Waals surface area (Å²) in [6, 6.07) is 6.77. The molecule has 2 N–H and O–H groups in total.